The number of pyridine rings is 1. The molecule has 1 amide bonds. The number of ketones is 1. The number of halogens is 2. The van der Waals surface area contributed by atoms with Crippen LogP contribution in [0.5, 0.6) is 5.88 Å². The van der Waals surface area contributed by atoms with E-state index in [-0.39, 0.29) is 17.3 Å². The van der Waals surface area contributed by atoms with E-state index in [1.54, 1.807) is 62.8 Å². The monoisotopic (exact) mass is 476 g/mol. The predicted octanol–water partition coefficient (Wildman–Crippen LogP) is 5.23. The largest absolute Gasteiger partial charge is 0.481 e. The number of anilines is 1. The van der Waals surface area contributed by atoms with Crippen molar-refractivity contribution in [3.63, 3.8) is 0 Å². The van der Waals surface area contributed by atoms with Crippen molar-refractivity contribution in [1.82, 2.24) is 4.98 Å². The number of carbonyl (C=O) groups excluding carboxylic acids is 2. The first-order chi connectivity index (χ1) is 15.9. The Kier molecular flexibility index (Phi) is 6.50. The van der Waals surface area contributed by atoms with Crippen LogP contribution in [-0.4, -0.2) is 30.8 Å². The van der Waals surface area contributed by atoms with Crippen LogP contribution in [0.4, 0.5) is 5.69 Å². The molecule has 0 aliphatic carbocycles. The van der Waals surface area contributed by atoms with Crippen LogP contribution in [0, 0.1) is 11.8 Å². The Hall–Kier alpha value is -3.59. The molecule has 0 unspecified atom stereocenters. The minimum absolute atomic E-state index is 0.0535. The molecule has 0 radical (unpaired) electrons. The second-order valence-corrected chi connectivity index (χ2v) is 8.16. The van der Waals surface area contributed by atoms with Gasteiger partial charge in [0.15, 0.2) is 0 Å². The van der Waals surface area contributed by atoms with Gasteiger partial charge in [0.2, 0.25) is 11.7 Å². The van der Waals surface area contributed by atoms with Crippen molar-refractivity contribution in [2.75, 3.05) is 19.1 Å². The lowest BCUT2D eigenvalue weighted by molar-refractivity contribution is -0.114. The van der Waals surface area contributed by atoms with Crippen molar-refractivity contribution in [2.45, 2.75) is 6.42 Å². The molecule has 4 rings (SSSR count). The average molecular weight is 477 g/mol. The van der Waals surface area contributed by atoms with Gasteiger partial charge in [-0.2, -0.15) is 0 Å². The summed E-state index contributed by atoms with van der Waals surface area (Å²) in [6, 6.07) is 13.9. The van der Waals surface area contributed by atoms with Gasteiger partial charge in [-0.3, -0.25) is 9.59 Å². The smallest absolute Gasteiger partial charge is 0.262 e. The number of hydrogen-bond acceptors (Lipinski definition) is 4. The molecule has 0 atom stereocenters. The van der Waals surface area contributed by atoms with Crippen molar-refractivity contribution < 1.29 is 14.3 Å². The topological polar surface area (TPSA) is 59.5 Å². The molecule has 0 spiro atoms. The minimum Gasteiger partial charge on any atom is -0.481 e. The molecule has 5 nitrogen and oxygen atoms in total. The summed E-state index contributed by atoms with van der Waals surface area (Å²) in [6.07, 6.45) is 3.74. The van der Waals surface area contributed by atoms with E-state index in [9.17, 15) is 9.59 Å². The number of amides is 1. The Balaban J connectivity index is 1.62. The number of benzene rings is 2. The number of nitrogens with zero attached hydrogens (tertiary/aromatic N) is 2. The summed E-state index contributed by atoms with van der Waals surface area (Å²) in [5.74, 6) is 5.98. The van der Waals surface area contributed by atoms with Crippen LogP contribution < -0.4 is 9.64 Å². The van der Waals surface area contributed by atoms with Gasteiger partial charge >= 0.3 is 0 Å². The number of fused-ring (bicyclic) bond motifs is 1. The number of Topliss-reactive ketones (excluding diaryl/α,β-unsaturated/α-hetero) is 1. The fourth-order valence-electron chi connectivity index (χ4n) is 3.40. The van der Waals surface area contributed by atoms with Gasteiger partial charge in [-0.15, -0.1) is 0 Å². The molecule has 164 valence electrons. The quantitative estimate of drug-likeness (QED) is 0.294. The van der Waals surface area contributed by atoms with E-state index in [1.807, 2.05) is 6.07 Å². The SMILES string of the molecule is COc1ccc(CC#Cc2ccc3c(c2)C(=O)/C(=C/c2ccc(Cl)c(Cl)c2)C(=O)N3C)cn1. The molecule has 2 heterocycles. The minimum atomic E-state index is -0.385. The number of aromatic nitrogens is 1. The van der Waals surface area contributed by atoms with Crippen LogP contribution in [0.2, 0.25) is 10.0 Å². The summed E-state index contributed by atoms with van der Waals surface area (Å²) >= 11 is 12.0. The molecule has 1 aliphatic rings. The van der Waals surface area contributed by atoms with Crippen molar-refractivity contribution in [1.29, 1.82) is 0 Å². The Morgan fingerprint density at radius 2 is 1.88 bits per heavy atom. The first-order valence-corrected chi connectivity index (χ1v) is 10.7. The van der Waals surface area contributed by atoms with Gasteiger partial charge in [-0.25, -0.2) is 4.98 Å². The third-order valence-corrected chi connectivity index (χ3v) is 5.91. The molecule has 2 aromatic carbocycles. The summed E-state index contributed by atoms with van der Waals surface area (Å²) < 4.78 is 5.06. The first-order valence-electron chi connectivity index (χ1n) is 9.98. The zero-order chi connectivity index (χ0) is 23.5. The van der Waals surface area contributed by atoms with Gasteiger partial charge in [-0.05, 0) is 47.5 Å². The molecule has 0 fully saturated rings. The summed E-state index contributed by atoms with van der Waals surface area (Å²) in [5, 5.41) is 0.747. The van der Waals surface area contributed by atoms with Crippen LogP contribution in [-0.2, 0) is 11.2 Å². The van der Waals surface area contributed by atoms with Crippen LogP contribution in [0.15, 0.2) is 60.3 Å². The van der Waals surface area contributed by atoms with Gasteiger partial charge in [0.1, 0.15) is 0 Å². The summed E-state index contributed by atoms with van der Waals surface area (Å²) in [6.45, 7) is 0. The molecule has 3 aromatic rings. The maximum Gasteiger partial charge on any atom is 0.262 e. The third kappa shape index (κ3) is 4.78. The number of rotatable bonds is 3. The molecule has 0 bridgehead atoms. The fourth-order valence-corrected chi connectivity index (χ4v) is 3.71. The molecule has 0 N–H and O–H groups in total. The van der Waals surface area contributed by atoms with E-state index in [0.29, 0.717) is 44.7 Å². The van der Waals surface area contributed by atoms with E-state index in [2.05, 4.69) is 16.8 Å². The molecular weight excluding hydrogens is 459 g/mol. The van der Waals surface area contributed by atoms with E-state index in [1.165, 1.54) is 11.0 Å². The molecule has 1 aliphatic heterocycles. The molecular formula is C26H18Cl2N2O3. The zero-order valence-electron chi connectivity index (χ0n) is 17.9. The van der Waals surface area contributed by atoms with Crippen LogP contribution in [0.3, 0.4) is 0 Å². The van der Waals surface area contributed by atoms with E-state index in [4.69, 9.17) is 27.9 Å². The van der Waals surface area contributed by atoms with Gasteiger partial charge < -0.3 is 9.64 Å². The number of likely N-dealkylation sites (N-methyl/N-ethyl adjacent to an activating group) is 1. The Morgan fingerprint density at radius 3 is 2.58 bits per heavy atom. The normalized spacial score (nSPS) is 14.1. The zero-order valence-corrected chi connectivity index (χ0v) is 19.4. The highest BCUT2D eigenvalue weighted by atomic mass is 35.5. The van der Waals surface area contributed by atoms with Gasteiger partial charge in [0.25, 0.3) is 5.91 Å². The van der Waals surface area contributed by atoms with Crippen molar-refractivity contribution in [3.8, 4) is 17.7 Å². The lowest BCUT2D eigenvalue weighted by Gasteiger charge is -2.26. The highest BCUT2D eigenvalue weighted by molar-refractivity contribution is 6.42. The molecule has 0 saturated heterocycles. The van der Waals surface area contributed by atoms with E-state index >= 15 is 0 Å². The Labute approximate surface area is 201 Å². The Bertz CT molecular complexity index is 1350. The lowest BCUT2D eigenvalue weighted by atomic mass is 9.92. The lowest BCUT2D eigenvalue weighted by Crippen LogP contribution is -2.36. The molecule has 1 aromatic heterocycles. The van der Waals surface area contributed by atoms with Gasteiger partial charge in [0, 0.05) is 36.9 Å². The van der Waals surface area contributed by atoms with Gasteiger partial charge in [-0.1, -0.05) is 47.2 Å². The van der Waals surface area contributed by atoms with Crippen LogP contribution in [0.25, 0.3) is 6.08 Å². The predicted molar refractivity (Wildman–Crippen MR) is 130 cm³/mol. The highest BCUT2D eigenvalue weighted by Crippen LogP contribution is 2.32. The molecule has 0 saturated carbocycles. The summed E-state index contributed by atoms with van der Waals surface area (Å²) in [4.78, 5) is 31.7. The van der Waals surface area contributed by atoms with Crippen LogP contribution in [0.1, 0.15) is 27.0 Å². The second-order valence-electron chi connectivity index (χ2n) is 7.34. The van der Waals surface area contributed by atoms with E-state index < -0.39 is 0 Å². The van der Waals surface area contributed by atoms with E-state index in [0.717, 1.165) is 5.56 Å². The van der Waals surface area contributed by atoms with Crippen molar-refractivity contribution in [3.05, 3.63) is 92.6 Å². The summed E-state index contributed by atoms with van der Waals surface area (Å²) in [5.41, 5.74) is 3.26. The Morgan fingerprint density at radius 1 is 1.06 bits per heavy atom. The number of hydrogen-bond donors (Lipinski definition) is 0. The fraction of sp³-hybridized carbons (Fsp3) is 0.115. The van der Waals surface area contributed by atoms with Crippen LogP contribution >= 0.6 is 23.2 Å². The maximum absolute atomic E-state index is 13.2. The number of carbonyl (C=O) groups is 2. The average Bonchev–Trinajstić information content (AvgIpc) is 2.83. The summed E-state index contributed by atoms with van der Waals surface area (Å²) in [7, 11) is 3.20. The molecule has 33 heavy (non-hydrogen) atoms. The maximum atomic E-state index is 13.2. The van der Waals surface area contributed by atoms with Crippen molar-refractivity contribution >= 4 is 46.7 Å². The van der Waals surface area contributed by atoms with Crippen molar-refractivity contribution in [2.24, 2.45) is 0 Å². The molecule has 7 heteroatoms. The number of ether oxygens (including phenoxy) is 1. The number of methoxy groups -OCH3 is 1. The third-order valence-electron chi connectivity index (χ3n) is 5.17. The highest BCUT2D eigenvalue weighted by Gasteiger charge is 2.32. The first kappa shape index (κ1) is 22.6. The second kappa shape index (κ2) is 9.50. The van der Waals surface area contributed by atoms with Gasteiger partial charge in [0.05, 0.1) is 28.4 Å². The standard InChI is InChI=1S/C26H18Cl2N2O3/c1-30-23-10-7-16(4-3-5-17-8-11-24(33-2)29-15-17)12-19(23)25(31)20(26(30)32)13-18-6-9-21(27)22(28)14-18/h6-15H,5H2,1-2H3/b20-13-.